The summed E-state index contributed by atoms with van der Waals surface area (Å²) in [6, 6.07) is 2.80. The second-order valence-electron chi connectivity index (χ2n) is 4.90. The number of rotatable bonds is 2. The molecule has 18 heavy (non-hydrogen) atoms. The molecule has 0 aliphatic carbocycles. The maximum absolute atomic E-state index is 14.0. The van der Waals surface area contributed by atoms with Gasteiger partial charge in [-0.25, -0.2) is 8.78 Å². The minimum atomic E-state index is -0.821. The summed E-state index contributed by atoms with van der Waals surface area (Å²) >= 11 is 0. The summed E-state index contributed by atoms with van der Waals surface area (Å²) in [6.45, 7) is 2.83. The van der Waals surface area contributed by atoms with E-state index < -0.39 is 11.6 Å². The highest BCUT2D eigenvalue weighted by Crippen LogP contribution is 2.33. The second-order valence-corrected chi connectivity index (χ2v) is 4.90. The first-order chi connectivity index (χ1) is 8.65. The minimum Gasteiger partial charge on any atom is -0.397 e. The molecule has 0 amide bonds. The maximum atomic E-state index is 14.0. The molecular weight excluding hydrogens is 234 g/mol. The minimum absolute atomic E-state index is 0.253. The van der Waals surface area contributed by atoms with Crippen molar-refractivity contribution in [3.63, 3.8) is 0 Å². The average molecular weight is 254 g/mol. The van der Waals surface area contributed by atoms with Crippen molar-refractivity contribution in [3.8, 4) is 0 Å². The largest absolute Gasteiger partial charge is 0.397 e. The van der Waals surface area contributed by atoms with Crippen LogP contribution in [0.25, 0.3) is 0 Å². The van der Waals surface area contributed by atoms with Gasteiger partial charge in [-0.1, -0.05) is 19.8 Å². The SMILES string of the molecule is CCC1CCCCCN1c1c(N)ccc(F)c1F. The average Bonchev–Trinajstić information content (AvgIpc) is 2.60. The molecule has 1 fully saturated rings. The van der Waals surface area contributed by atoms with Crippen molar-refractivity contribution < 1.29 is 8.78 Å². The normalized spacial score (nSPS) is 20.8. The third kappa shape index (κ3) is 2.42. The molecule has 2 rings (SSSR count). The number of anilines is 2. The quantitative estimate of drug-likeness (QED) is 0.815. The lowest BCUT2D eigenvalue weighted by Gasteiger charge is -2.32. The molecule has 1 unspecified atom stereocenters. The molecule has 0 bridgehead atoms. The third-order valence-electron chi connectivity index (χ3n) is 3.74. The van der Waals surface area contributed by atoms with Gasteiger partial charge in [0, 0.05) is 12.6 Å². The molecule has 0 spiro atoms. The molecule has 2 nitrogen and oxygen atoms in total. The Morgan fingerprint density at radius 3 is 2.78 bits per heavy atom. The molecule has 2 N–H and O–H groups in total. The van der Waals surface area contributed by atoms with E-state index >= 15 is 0 Å². The number of benzene rings is 1. The third-order valence-corrected chi connectivity index (χ3v) is 3.74. The van der Waals surface area contributed by atoms with E-state index in [1.807, 2.05) is 4.90 Å². The predicted molar refractivity (Wildman–Crippen MR) is 70.7 cm³/mol. The van der Waals surface area contributed by atoms with Crippen molar-refractivity contribution in [2.24, 2.45) is 0 Å². The lowest BCUT2D eigenvalue weighted by molar-refractivity contribution is 0.493. The molecule has 0 saturated carbocycles. The first-order valence-electron chi connectivity index (χ1n) is 6.65. The zero-order valence-corrected chi connectivity index (χ0v) is 10.8. The van der Waals surface area contributed by atoms with Crippen LogP contribution < -0.4 is 10.6 Å². The fourth-order valence-electron chi connectivity index (χ4n) is 2.74. The first-order valence-corrected chi connectivity index (χ1v) is 6.65. The van der Waals surface area contributed by atoms with E-state index in [4.69, 9.17) is 5.73 Å². The van der Waals surface area contributed by atoms with Crippen molar-refractivity contribution in [2.45, 2.75) is 45.1 Å². The van der Waals surface area contributed by atoms with Crippen LogP contribution in [0.2, 0.25) is 0 Å². The fourth-order valence-corrected chi connectivity index (χ4v) is 2.74. The van der Waals surface area contributed by atoms with E-state index in [9.17, 15) is 8.78 Å². The summed E-state index contributed by atoms with van der Waals surface area (Å²) in [5, 5.41) is 0. The van der Waals surface area contributed by atoms with Crippen LogP contribution in [-0.2, 0) is 0 Å². The van der Waals surface area contributed by atoms with Crippen LogP contribution in [0.3, 0.4) is 0 Å². The van der Waals surface area contributed by atoms with Crippen LogP contribution in [0.4, 0.5) is 20.2 Å². The van der Waals surface area contributed by atoms with Gasteiger partial charge in [0.1, 0.15) is 0 Å². The highest BCUT2D eigenvalue weighted by molar-refractivity contribution is 5.69. The molecule has 1 saturated heterocycles. The number of nitrogens with two attached hydrogens (primary N) is 1. The molecule has 1 atom stereocenters. The van der Waals surface area contributed by atoms with E-state index in [2.05, 4.69) is 6.92 Å². The van der Waals surface area contributed by atoms with Gasteiger partial charge in [0.25, 0.3) is 0 Å². The number of nitrogens with zero attached hydrogens (tertiary/aromatic N) is 1. The Bertz CT molecular complexity index is 421. The summed E-state index contributed by atoms with van der Waals surface area (Å²) in [6.07, 6.45) is 5.24. The Morgan fingerprint density at radius 1 is 1.28 bits per heavy atom. The van der Waals surface area contributed by atoms with Crippen molar-refractivity contribution in [1.29, 1.82) is 0 Å². The highest BCUT2D eigenvalue weighted by atomic mass is 19.2. The highest BCUT2D eigenvalue weighted by Gasteiger charge is 2.25. The van der Waals surface area contributed by atoms with Gasteiger partial charge in [0.2, 0.25) is 0 Å². The number of hydrogen-bond acceptors (Lipinski definition) is 2. The van der Waals surface area contributed by atoms with Gasteiger partial charge < -0.3 is 10.6 Å². The van der Waals surface area contributed by atoms with Crippen LogP contribution in [0.5, 0.6) is 0 Å². The molecule has 1 heterocycles. The molecule has 1 aliphatic rings. The number of hydrogen-bond donors (Lipinski definition) is 1. The van der Waals surface area contributed by atoms with Crippen molar-refractivity contribution in [2.75, 3.05) is 17.2 Å². The summed E-state index contributed by atoms with van der Waals surface area (Å²) < 4.78 is 27.4. The van der Waals surface area contributed by atoms with Crippen LogP contribution in [0.1, 0.15) is 39.0 Å². The Kier molecular flexibility index (Phi) is 4.04. The lowest BCUT2D eigenvalue weighted by Crippen LogP contribution is -2.35. The van der Waals surface area contributed by atoms with E-state index in [1.54, 1.807) is 0 Å². The molecular formula is C14H20F2N2. The fraction of sp³-hybridized carbons (Fsp3) is 0.571. The van der Waals surface area contributed by atoms with E-state index in [0.717, 1.165) is 44.7 Å². The molecule has 1 aliphatic heterocycles. The second kappa shape index (κ2) is 5.55. The smallest absolute Gasteiger partial charge is 0.184 e. The van der Waals surface area contributed by atoms with E-state index in [1.165, 1.54) is 6.07 Å². The van der Waals surface area contributed by atoms with Gasteiger partial charge in [-0.2, -0.15) is 0 Å². The van der Waals surface area contributed by atoms with Crippen molar-refractivity contribution in [3.05, 3.63) is 23.8 Å². The van der Waals surface area contributed by atoms with Gasteiger partial charge in [-0.3, -0.25) is 0 Å². The Morgan fingerprint density at radius 2 is 2.06 bits per heavy atom. The molecule has 100 valence electrons. The maximum Gasteiger partial charge on any atom is 0.184 e. The van der Waals surface area contributed by atoms with Crippen molar-refractivity contribution >= 4 is 11.4 Å². The summed E-state index contributed by atoms with van der Waals surface area (Å²) in [5.74, 6) is -1.63. The van der Waals surface area contributed by atoms with Gasteiger partial charge in [0.15, 0.2) is 11.6 Å². The zero-order valence-electron chi connectivity index (χ0n) is 10.8. The van der Waals surface area contributed by atoms with Crippen LogP contribution in [0, 0.1) is 11.6 Å². The topological polar surface area (TPSA) is 29.3 Å². The summed E-state index contributed by atoms with van der Waals surface area (Å²) in [5.41, 5.74) is 6.42. The lowest BCUT2D eigenvalue weighted by atomic mass is 10.1. The first kappa shape index (κ1) is 13.1. The Balaban J connectivity index is 2.41. The van der Waals surface area contributed by atoms with Gasteiger partial charge in [0.05, 0.1) is 11.4 Å². The summed E-state index contributed by atoms with van der Waals surface area (Å²) in [4.78, 5) is 1.96. The number of nitrogen functional groups attached to an aromatic ring is 1. The zero-order chi connectivity index (χ0) is 13.1. The molecule has 1 aromatic rings. The van der Waals surface area contributed by atoms with Crippen LogP contribution >= 0.6 is 0 Å². The molecule has 0 aromatic heterocycles. The van der Waals surface area contributed by atoms with Crippen LogP contribution in [0.15, 0.2) is 12.1 Å². The molecule has 1 aromatic carbocycles. The van der Waals surface area contributed by atoms with Gasteiger partial charge in [-0.05, 0) is 31.4 Å². The summed E-state index contributed by atoms with van der Waals surface area (Å²) in [7, 11) is 0. The Labute approximate surface area is 107 Å². The van der Waals surface area contributed by atoms with Crippen LogP contribution in [-0.4, -0.2) is 12.6 Å². The predicted octanol–water partition coefficient (Wildman–Crippen LogP) is 3.71. The molecule has 0 radical (unpaired) electrons. The monoisotopic (exact) mass is 254 g/mol. The van der Waals surface area contributed by atoms with Gasteiger partial charge in [-0.15, -0.1) is 0 Å². The van der Waals surface area contributed by atoms with Gasteiger partial charge >= 0.3 is 0 Å². The van der Waals surface area contributed by atoms with Crippen molar-refractivity contribution in [1.82, 2.24) is 0 Å². The standard InChI is InChI=1S/C14H20F2N2/c1-2-10-6-4-3-5-9-18(10)14-12(17)8-7-11(15)13(14)16/h7-8,10H,2-6,9,17H2,1H3. The van der Waals surface area contributed by atoms with E-state index in [0.29, 0.717) is 5.69 Å². The molecule has 4 heteroatoms. The number of halogens is 2. The Hall–Kier alpha value is -1.32. The van der Waals surface area contributed by atoms with E-state index in [-0.39, 0.29) is 11.7 Å².